The van der Waals surface area contributed by atoms with Gasteiger partial charge >= 0.3 is 0 Å². The molecule has 0 saturated heterocycles. The lowest BCUT2D eigenvalue weighted by molar-refractivity contribution is 0.181. The van der Waals surface area contributed by atoms with Crippen LogP contribution in [0.1, 0.15) is 52.9 Å². The average Bonchev–Trinajstić information content (AvgIpc) is 2.03. The van der Waals surface area contributed by atoms with Gasteiger partial charge in [0.25, 0.3) is 0 Å². The van der Waals surface area contributed by atoms with Gasteiger partial charge in [-0.1, -0.05) is 33.1 Å². The molecule has 1 unspecified atom stereocenters. The van der Waals surface area contributed by atoms with Gasteiger partial charge in [0.2, 0.25) is 0 Å². The topological polar surface area (TPSA) is 40.5 Å². The standard InChI is InChI=1S/C6H14O.C4H10O/c1-3-4-5-6(2)7;1-2-3-4-5/h6-7H,3-5H2,1-2H3;5H,2-4H2,1H3. The van der Waals surface area contributed by atoms with Crippen molar-refractivity contribution in [3.05, 3.63) is 0 Å². The maximum absolute atomic E-state index is 8.68. The van der Waals surface area contributed by atoms with E-state index in [1.165, 1.54) is 6.42 Å². The van der Waals surface area contributed by atoms with Gasteiger partial charge in [0, 0.05) is 6.61 Å². The van der Waals surface area contributed by atoms with Crippen molar-refractivity contribution in [1.82, 2.24) is 0 Å². The van der Waals surface area contributed by atoms with Gasteiger partial charge in [0.05, 0.1) is 6.10 Å². The van der Waals surface area contributed by atoms with Crippen molar-refractivity contribution in [2.24, 2.45) is 0 Å². The first-order chi connectivity index (χ1) is 5.68. The summed E-state index contributed by atoms with van der Waals surface area (Å²) in [6.07, 6.45) is 5.23. The Hall–Kier alpha value is -0.0800. The second-order valence-electron chi connectivity index (χ2n) is 3.07. The third kappa shape index (κ3) is 22.5. The third-order valence-electron chi connectivity index (χ3n) is 1.49. The largest absolute Gasteiger partial charge is 0.396 e. The zero-order valence-corrected chi connectivity index (χ0v) is 8.71. The van der Waals surface area contributed by atoms with Gasteiger partial charge in [-0.2, -0.15) is 0 Å². The Kier molecular flexibility index (Phi) is 16.3. The number of hydrogen-bond acceptors (Lipinski definition) is 2. The monoisotopic (exact) mass is 176 g/mol. The van der Waals surface area contributed by atoms with Crippen molar-refractivity contribution in [3.63, 3.8) is 0 Å². The lowest BCUT2D eigenvalue weighted by atomic mass is 10.2. The van der Waals surface area contributed by atoms with E-state index in [0.717, 1.165) is 25.7 Å². The smallest absolute Gasteiger partial charge is 0.0512 e. The molecule has 0 aliphatic rings. The molecule has 0 radical (unpaired) electrons. The minimum absolute atomic E-state index is 0.0973. The maximum atomic E-state index is 8.68. The van der Waals surface area contributed by atoms with E-state index in [-0.39, 0.29) is 6.10 Å². The van der Waals surface area contributed by atoms with E-state index < -0.39 is 0 Å². The van der Waals surface area contributed by atoms with E-state index >= 15 is 0 Å². The number of aliphatic hydroxyl groups excluding tert-OH is 2. The predicted octanol–water partition coefficient (Wildman–Crippen LogP) is 2.34. The molecule has 0 aliphatic heterocycles. The molecule has 0 heterocycles. The van der Waals surface area contributed by atoms with Gasteiger partial charge in [-0.15, -0.1) is 0 Å². The van der Waals surface area contributed by atoms with E-state index in [1.54, 1.807) is 0 Å². The number of unbranched alkanes of at least 4 members (excludes halogenated alkanes) is 2. The van der Waals surface area contributed by atoms with Crippen LogP contribution in [-0.2, 0) is 0 Å². The van der Waals surface area contributed by atoms with Crippen LogP contribution in [0.5, 0.6) is 0 Å². The van der Waals surface area contributed by atoms with Crippen LogP contribution in [-0.4, -0.2) is 22.9 Å². The van der Waals surface area contributed by atoms with Gasteiger partial charge in [-0.05, 0) is 19.8 Å². The molecule has 0 saturated carbocycles. The molecule has 0 aromatic rings. The fourth-order valence-electron chi connectivity index (χ4n) is 0.658. The zero-order chi connectivity index (χ0) is 9.82. The molecule has 0 spiro atoms. The molecular weight excluding hydrogens is 152 g/mol. The Labute approximate surface area is 76.6 Å². The van der Waals surface area contributed by atoms with Crippen LogP contribution in [0.25, 0.3) is 0 Å². The highest BCUT2D eigenvalue weighted by molar-refractivity contribution is 4.43. The van der Waals surface area contributed by atoms with E-state index in [4.69, 9.17) is 10.2 Å². The van der Waals surface area contributed by atoms with Crippen molar-refractivity contribution >= 4 is 0 Å². The highest BCUT2D eigenvalue weighted by Gasteiger charge is 1.90. The number of hydrogen-bond donors (Lipinski definition) is 2. The summed E-state index contributed by atoms with van der Waals surface area (Å²) >= 11 is 0. The first-order valence-electron chi connectivity index (χ1n) is 4.97. The Balaban J connectivity index is 0. The summed E-state index contributed by atoms with van der Waals surface area (Å²) in [5, 5.41) is 16.7. The molecule has 0 fully saturated rings. The Morgan fingerprint density at radius 3 is 1.67 bits per heavy atom. The van der Waals surface area contributed by atoms with E-state index in [2.05, 4.69) is 13.8 Å². The second kappa shape index (κ2) is 13.5. The molecule has 0 rings (SSSR count). The van der Waals surface area contributed by atoms with Crippen LogP contribution < -0.4 is 0 Å². The molecule has 0 aromatic carbocycles. The summed E-state index contributed by atoms with van der Waals surface area (Å²) < 4.78 is 0. The summed E-state index contributed by atoms with van der Waals surface area (Å²) in [6.45, 7) is 6.35. The van der Waals surface area contributed by atoms with E-state index in [9.17, 15) is 0 Å². The van der Waals surface area contributed by atoms with E-state index in [0.29, 0.717) is 6.61 Å². The van der Waals surface area contributed by atoms with Crippen LogP contribution in [0.2, 0.25) is 0 Å². The molecule has 0 aromatic heterocycles. The normalized spacial score (nSPS) is 11.8. The second-order valence-corrected chi connectivity index (χ2v) is 3.07. The van der Waals surface area contributed by atoms with Crippen molar-refractivity contribution < 1.29 is 10.2 Å². The van der Waals surface area contributed by atoms with Gasteiger partial charge in [0.15, 0.2) is 0 Å². The molecule has 0 bridgehead atoms. The molecule has 2 N–H and O–H groups in total. The Morgan fingerprint density at radius 2 is 1.58 bits per heavy atom. The van der Waals surface area contributed by atoms with Crippen molar-refractivity contribution in [2.75, 3.05) is 6.61 Å². The van der Waals surface area contributed by atoms with Gasteiger partial charge in [0.1, 0.15) is 0 Å². The first kappa shape index (κ1) is 14.4. The van der Waals surface area contributed by atoms with Crippen LogP contribution >= 0.6 is 0 Å². The quantitative estimate of drug-likeness (QED) is 0.675. The van der Waals surface area contributed by atoms with Crippen LogP contribution in [0.4, 0.5) is 0 Å². The summed E-state index contributed by atoms with van der Waals surface area (Å²) in [5.41, 5.74) is 0. The molecule has 2 nitrogen and oxygen atoms in total. The Bertz CT molecular complexity index is 60.9. The van der Waals surface area contributed by atoms with Crippen LogP contribution in [0, 0.1) is 0 Å². The van der Waals surface area contributed by atoms with Crippen molar-refractivity contribution in [1.29, 1.82) is 0 Å². The molecule has 0 aliphatic carbocycles. The summed E-state index contributed by atoms with van der Waals surface area (Å²) in [6, 6.07) is 0. The maximum Gasteiger partial charge on any atom is 0.0512 e. The minimum atomic E-state index is -0.0973. The molecule has 0 amide bonds. The lowest BCUT2D eigenvalue weighted by Gasteiger charge is -1.98. The SMILES string of the molecule is CCCCC(C)O.CCCCO. The van der Waals surface area contributed by atoms with Gasteiger partial charge < -0.3 is 10.2 Å². The fraction of sp³-hybridized carbons (Fsp3) is 1.00. The number of aliphatic hydroxyl groups is 2. The minimum Gasteiger partial charge on any atom is -0.396 e. The summed E-state index contributed by atoms with van der Waals surface area (Å²) in [5.74, 6) is 0. The molecule has 12 heavy (non-hydrogen) atoms. The molecule has 2 heteroatoms. The average molecular weight is 176 g/mol. The van der Waals surface area contributed by atoms with Crippen molar-refractivity contribution in [2.45, 2.75) is 59.0 Å². The molecule has 76 valence electrons. The fourth-order valence-corrected chi connectivity index (χ4v) is 0.658. The molecule has 1 atom stereocenters. The number of rotatable bonds is 5. The zero-order valence-electron chi connectivity index (χ0n) is 8.71. The lowest BCUT2D eigenvalue weighted by Crippen LogP contribution is -1.97. The highest BCUT2D eigenvalue weighted by Crippen LogP contribution is 1.97. The van der Waals surface area contributed by atoms with Gasteiger partial charge in [-0.25, -0.2) is 0 Å². The molecular formula is C10H24O2. The third-order valence-corrected chi connectivity index (χ3v) is 1.49. The van der Waals surface area contributed by atoms with Gasteiger partial charge in [-0.3, -0.25) is 0 Å². The predicted molar refractivity (Wildman–Crippen MR) is 53.2 cm³/mol. The first-order valence-corrected chi connectivity index (χ1v) is 4.97. The van der Waals surface area contributed by atoms with Crippen LogP contribution in [0.15, 0.2) is 0 Å². The Morgan fingerprint density at radius 1 is 1.08 bits per heavy atom. The highest BCUT2D eigenvalue weighted by atomic mass is 16.3. The van der Waals surface area contributed by atoms with E-state index in [1.807, 2.05) is 6.92 Å². The summed E-state index contributed by atoms with van der Waals surface area (Å²) in [4.78, 5) is 0. The van der Waals surface area contributed by atoms with Crippen molar-refractivity contribution in [3.8, 4) is 0 Å². The van der Waals surface area contributed by atoms with Crippen LogP contribution in [0.3, 0.4) is 0 Å². The summed E-state index contributed by atoms with van der Waals surface area (Å²) in [7, 11) is 0.